The second-order valence-corrected chi connectivity index (χ2v) is 5.16. The van der Waals surface area contributed by atoms with Gasteiger partial charge in [-0.2, -0.15) is 0 Å². The molecule has 76 valence electrons. The Morgan fingerprint density at radius 3 is 2.00 bits per heavy atom. The van der Waals surface area contributed by atoms with Gasteiger partial charge in [0.2, 0.25) is 0 Å². The third kappa shape index (κ3) is 2.60. The van der Waals surface area contributed by atoms with Gasteiger partial charge in [-0.3, -0.25) is 0 Å². The highest BCUT2D eigenvalue weighted by molar-refractivity contribution is 9.10. The summed E-state index contributed by atoms with van der Waals surface area (Å²) in [6, 6.07) is 8.89. The molecule has 1 aliphatic rings. The lowest BCUT2D eigenvalue weighted by Gasteiger charge is -2.14. The molecule has 0 amide bonds. The van der Waals surface area contributed by atoms with Crippen molar-refractivity contribution in [1.29, 1.82) is 0 Å². The zero-order chi connectivity index (χ0) is 9.80. The molecule has 1 saturated carbocycles. The first-order chi connectivity index (χ1) is 6.86. The van der Waals surface area contributed by atoms with Crippen LogP contribution in [0.25, 0.3) is 0 Å². The zero-order valence-corrected chi connectivity index (χ0v) is 10.1. The number of hydrogen-bond acceptors (Lipinski definition) is 0. The molecule has 0 heterocycles. The van der Waals surface area contributed by atoms with Crippen LogP contribution in [0.1, 0.15) is 50.0 Å². The third-order valence-corrected chi connectivity index (χ3v) is 3.73. The molecule has 1 aromatic carbocycles. The Labute approximate surface area is 94.8 Å². The Kier molecular flexibility index (Phi) is 3.63. The highest BCUT2D eigenvalue weighted by Crippen LogP contribution is 2.31. The standard InChI is InChI=1S/C13H17Br/c14-13-9-7-12(8-10-13)11-5-3-1-2-4-6-11/h7-11H,1-6H2. The van der Waals surface area contributed by atoms with Crippen LogP contribution in [-0.4, -0.2) is 0 Å². The summed E-state index contributed by atoms with van der Waals surface area (Å²) in [5, 5.41) is 0. The summed E-state index contributed by atoms with van der Waals surface area (Å²) >= 11 is 3.48. The summed E-state index contributed by atoms with van der Waals surface area (Å²) in [4.78, 5) is 0. The fourth-order valence-corrected chi connectivity index (χ4v) is 2.61. The smallest absolute Gasteiger partial charge is 0.0175 e. The maximum Gasteiger partial charge on any atom is 0.0175 e. The minimum atomic E-state index is 0.825. The van der Waals surface area contributed by atoms with Crippen LogP contribution in [0.2, 0.25) is 0 Å². The molecule has 0 atom stereocenters. The molecule has 0 unspecified atom stereocenters. The Morgan fingerprint density at radius 1 is 0.857 bits per heavy atom. The van der Waals surface area contributed by atoms with Crippen molar-refractivity contribution in [3.63, 3.8) is 0 Å². The van der Waals surface area contributed by atoms with E-state index in [2.05, 4.69) is 40.2 Å². The summed E-state index contributed by atoms with van der Waals surface area (Å²) in [7, 11) is 0. The minimum Gasteiger partial charge on any atom is -0.0576 e. The summed E-state index contributed by atoms with van der Waals surface area (Å²) < 4.78 is 1.19. The molecule has 1 aliphatic carbocycles. The Morgan fingerprint density at radius 2 is 1.43 bits per heavy atom. The van der Waals surface area contributed by atoms with Gasteiger partial charge in [0.1, 0.15) is 0 Å². The summed E-state index contributed by atoms with van der Waals surface area (Å²) in [5.41, 5.74) is 1.54. The van der Waals surface area contributed by atoms with Crippen molar-refractivity contribution in [3.05, 3.63) is 34.3 Å². The topological polar surface area (TPSA) is 0 Å². The minimum absolute atomic E-state index is 0.825. The van der Waals surface area contributed by atoms with Gasteiger partial charge in [0.25, 0.3) is 0 Å². The molecule has 0 aliphatic heterocycles. The molecule has 0 nitrogen and oxygen atoms in total. The molecule has 0 radical (unpaired) electrons. The van der Waals surface area contributed by atoms with Crippen molar-refractivity contribution in [2.24, 2.45) is 0 Å². The second-order valence-electron chi connectivity index (χ2n) is 4.24. The van der Waals surface area contributed by atoms with Gasteiger partial charge in [0.15, 0.2) is 0 Å². The van der Waals surface area contributed by atoms with Gasteiger partial charge in [-0.1, -0.05) is 53.7 Å². The largest absolute Gasteiger partial charge is 0.0576 e. The zero-order valence-electron chi connectivity index (χ0n) is 8.51. The van der Waals surface area contributed by atoms with Crippen LogP contribution in [0.15, 0.2) is 28.7 Å². The van der Waals surface area contributed by atoms with Crippen LogP contribution in [0.3, 0.4) is 0 Å². The van der Waals surface area contributed by atoms with Gasteiger partial charge in [0, 0.05) is 4.47 Å². The van der Waals surface area contributed by atoms with Gasteiger partial charge >= 0.3 is 0 Å². The van der Waals surface area contributed by atoms with Crippen LogP contribution >= 0.6 is 15.9 Å². The van der Waals surface area contributed by atoms with Crippen molar-refractivity contribution in [3.8, 4) is 0 Å². The van der Waals surface area contributed by atoms with Crippen LogP contribution < -0.4 is 0 Å². The average Bonchev–Trinajstić information content (AvgIpc) is 2.47. The molecule has 0 aromatic heterocycles. The van der Waals surface area contributed by atoms with E-state index in [1.54, 1.807) is 0 Å². The summed E-state index contributed by atoms with van der Waals surface area (Å²) in [6.07, 6.45) is 8.49. The Bertz CT molecular complexity index is 268. The summed E-state index contributed by atoms with van der Waals surface area (Å²) in [6.45, 7) is 0. The molecule has 1 fully saturated rings. The van der Waals surface area contributed by atoms with Crippen LogP contribution in [0, 0.1) is 0 Å². The first-order valence-electron chi connectivity index (χ1n) is 5.62. The number of halogens is 1. The van der Waals surface area contributed by atoms with Crippen molar-refractivity contribution >= 4 is 15.9 Å². The SMILES string of the molecule is Brc1ccc(C2CCCCCC2)cc1. The molecule has 2 rings (SSSR count). The van der Waals surface area contributed by atoms with E-state index >= 15 is 0 Å². The van der Waals surface area contributed by atoms with Gasteiger partial charge in [-0.15, -0.1) is 0 Å². The number of rotatable bonds is 1. The number of hydrogen-bond donors (Lipinski definition) is 0. The lowest BCUT2D eigenvalue weighted by molar-refractivity contribution is 0.592. The van der Waals surface area contributed by atoms with Crippen LogP contribution in [-0.2, 0) is 0 Å². The van der Waals surface area contributed by atoms with E-state index in [0.29, 0.717) is 0 Å². The molecule has 1 heteroatoms. The fourth-order valence-electron chi connectivity index (χ4n) is 2.35. The van der Waals surface area contributed by atoms with Gasteiger partial charge < -0.3 is 0 Å². The highest BCUT2D eigenvalue weighted by Gasteiger charge is 2.13. The van der Waals surface area contributed by atoms with Crippen molar-refractivity contribution in [2.75, 3.05) is 0 Å². The van der Waals surface area contributed by atoms with E-state index < -0.39 is 0 Å². The van der Waals surface area contributed by atoms with Gasteiger partial charge in [-0.25, -0.2) is 0 Å². The molecule has 0 saturated heterocycles. The van der Waals surface area contributed by atoms with Crippen LogP contribution in [0.4, 0.5) is 0 Å². The molecule has 0 spiro atoms. The van der Waals surface area contributed by atoms with E-state index in [4.69, 9.17) is 0 Å². The maximum atomic E-state index is 3.48. The van der Waals surface area contributed by atoms with Crippen molar-refractivity contribution < 1.29 is 0 Å². The van der Waals surface area contributed by atoms with E-state index in [1.165, 1.54) is 48.6 Å². The first kappa shape index (κ1) is 10.2. The van der Waals surface area contributed by atoms with E-state index in [0.717, 1.165) is 5.92 Å². The lowest BCUT2D eigenvalue weighted by atomic mass is 9.92. The monoisotopic (exact) mass is 252 g/mol. The highest BCUT2D eigenvalue weighted by atomic mass is 79.9. The van der Waals surface area contributed by atoms with Crippen LogP contribution in [0.5, 0.6) is 0 Å². The first-order valence-corrected chi connectivity index (χ1v) is 6.41. The molecule has 0 N–H and O–H groups in total. The second kappa shape index (κ2) is 4.97. The van der Waals surface area contributed by atoms with Gasteiger partial charge in [-0.05, 0) is 36.5 Å². The summed E-state index contributed by atoms with van der Waals surface area (Å²) in [5.74, 6) is 0.825. The lowest BCUT2D eigenvalue weighted by Crippen LogP contribution is -1.96. The van der Waals surface area contributed by atoms with Crippen molar-refractivity contribution in [2.45, 2.75) is 44.4 Å². The molecular weight excluding hydrogens is 236 g/mol. The van der Waals surface area contributed by atoms with Gasteiger partial charge in [0.05, 0.1) is 0 Å². The Hall–Kier alpha value is -0.300. The number of benzene rings is 1. The molecule has 14 heavy (non-hydrogen) atoms. The van der Waals surface area contributed by atoms with Crippen molar-refractivity contribution in [1.82, 2.24) is 0 Å². The van der Waals surface area contributed by atoms with E-state index in [1.807, 2.05) is 0 Å². The maximum absolute atomic E-state index is 3.48. The Balaban J connectivity index is 2.08. The fraction of sp³-hybridized carbons (Fsp3) is 0.538. The normalized spacial score (nSPS) is 19.2. The molecule has 1 aromatic rings. The predicted molar refractivity (Wildman–Crippen MR) is 64.6 cm³/mol. The van der Waals surface area contributed by atoms with E-state index in [9.17, 15) is 0 Å². The quantitative estimate of drug-likeness (QED) is 0.625. The average molecular weight is 253 g/mol. The molecule has 0 bridgehead atoms. The predicted octanol–water partition coefficient (Wildman–Crippen LogP) is 4.89. The van der Waals surface area contributed by atoms with E-state index in [-0.39, 0.29) is 0 Å². The third-order valence-electron chi connectivity index (χ3n) is 3.20. The molecular formula is C13H17Br.